The number of carboxylic acid groups (broad SMARTS) is 1. The number of hydrogen-bond acceptors (Lipinski definition) is 8. The summed E-state index contributed by atoms with van der Waals surface area (Å²) in [6, 6.07) is 28.0. The number of nitrogens with one attached hydrogen (secondary N) is 5. The summed E-state index contributed by atoms with van der Waals surface area (Å²) in [5, 5.41) is 18.0. The van der Waals surface area contributed by atoms with Crippen molar-refractivity contribution in [1.82, 2.24) is 45.8 Å². The zero-order valence-electron chi connectivity index (χ0n) is 31.0. The van der Waals surface area contributed by atoms with Crippen LogP contribution in [0.1, 0.15) is 66.7 Å². The van der Waals surface area contributed by atoms with Crippen LogP contribution < -0.4 is 16.0 Å². The maximum absolute atomic E-state index is 13.7. The lowest BCUT2D eigenvalue weighted by atomic mass is 10.0. The molecule has 0 unspecified atom stereocenters. The number of ether oxygens (including phenoxy) is 1. The molecule has 1 aliphatic heterocycles. The Morgan fingerprint density at radius 1 is 0.786 bits per heavy atom. The number of carbonyl (C=O) groups is 3. The summed E-state index contributed by atoms with van der Waals surface area (Å²) in [4.78, 5) is 60.9. The van der Waals surface area contributed by atoms with Gasteiger partial charge in [0.2, 0.25) is 5.91 Å². The molecule has 6 aromatic rings. The minimum atomic E-state index is -1.26. The van der Waals surface area contributed by atoms with Crippen molar-refractivity contribution >= 4 is 17.9 Å². The summed E-state index contributed by atoms with van der Waals surface area (Å²) in [5.74, 6) is 0.772. The van der Waals surface area contributed by atoms with Crippen molar-refractivity contribution in [2.75, 3.05) is 20.4 Å². The van der Waals surface area contributed by atoms with E-state index in [1.165, 1.54) is 0 Å². The van der Waals surface area contributed by atoms with Crippen LogP contribution in [0.5, 0.6) is 0 Å². The second-order valence-electron chi connectivity index (χ2n) is 13.6. The Balaban J connectivity index is 0.987. The summed E-state index contributed by atoms with van der Waals surface area (Å²) in [6.45, 7) is 2.61. The molecule has 1 saturated heterocycles. The number of hydrogen-bond donors (Lipinski definition) is 6. The van der Waals surface area contributed by atoms with Crippen LogP contribution in [0, 0.1) is 0 Å². The molecule has 1 aliphatic rings. The number of aromatic nitrogens is 5. The van der Waals surface area contributed by atoms with Gasteiger partial charge in [-0.1, -0.05) is 84.9 Å². The molecule has 3 amide bonds. The first-order chi connectivity index (χ1) is 27.3. The zero-order valence-corrected chi connectivity index (χ0v) is 31.0. The van der Waals surface area contributed by atoms with E-state index < -0.39 is 18.2 Å². The maximum atomic E-state index is 13.7. The summed E-state index contributed by atoms with van der Waals surface area (Å²) in [6.07, 6.45) is 5.51. The van der Waals surface area contributed by atoms with Crippen molar-refractivity contribution in [3.8, 4) is 33.8 Å². The number of carbonyl (C=O) groups excluding carboxylic acids is 2. The zero-order chi connectivity index (χ0) is 39.0. The highest BCUT2D eigenvalue weighted by molar-refractivity contribution is 5.87. The molecule has 56 heavy (non-hydrogen) atoms. The number of rotatable bonds is 14. The van der Waals surface area contributed by atoms with Gasteiger partial charge in [-0.3, -0.25) is 19.9 Å². The number of likely N-dealkylation sites (tertiary alicyclic amines) is 1. The number of H-pyrrole nitrogens is 2. The van der Waals surface area contributed by atoms with Gasteiger partial charge in [0.15, 0.2) is 0 Å². The Morgan fingerprint density at radius 2 is 1.43 bits per heavy atom. The van der Waals surface area contributed by atoms with E-state index in [-0.39, 0.29) is 30.6 Å². The lowest BCUT2D eigenvalue weighted by Crippen LogP contribution is -2.42. The van der Waals surface area contributed by atoms with Gasteiger partial charge in [-0.25, -0.2) is 14.8 Å². The lowest BCUT2D eigenvalue weighted by molar-refractivity contribution is -0.134. The quantitative estimate of drug-likeness (QED) is 0.0692. The first-order valence-electron chi connectivity index (χ1n) is 18.4. The average Bonchev–Trinajstić information content (AvgIpc) is 4.03. The normalized spacial score (nSPS) is 15.5. The van der Waals surface area contributed by atoms with E-state index in [2.05, 4.69) is 35.9 Å². The standard InChI is InChI=1S/C42H43N9O5/c1-26(47-40(52)36(46-25-56-2)29-10-5-3-6-11-29)38-44-24-34(48-38)31-19-20-32(43-22-31)27-15-17-28(18-16-27)33-23-45-39(49-33)35-14-9-21-51(35)41(53)37(50-42(54)55)30-12-7-4-8-13-30/h3-8,10-13,15-20,22-24,26,35-37,46,50H,9,14,21,25H2,1-2H3,(H,44,48)(H,45,49)(H,47,52)(H,54,55)/t26-,35-,36+,37+/m0/s1. The topological polar surface area (TPSA) is 190 Å². The van der Waals surface area contributed by atoms with Gasteiger partial charge >= 0.3 is 6.09 Å². The Labute approximate surface area is 323 Å². The number of amides is 3. The molecule has 286 valence electrons. The largest absolute Gasteiger partial charge is 0.465 e. The molecule has 0 bridgehead atoms. The number of methoxy groups -OCH3 is 1. The molecule has 14 heteroatoms. The minimum absolute atomic E-state index is 0.194. The molecular formula is C42H43N9O5. The Hall–Kier alpha value is -6.64. The van der Waals surface area contributed by atoms with Gasteiger partial charge in [0.05, 0.1) is 48.3 Å². The highest BCUT2D eigenvalue weighted by Crippen LogP contribution is 2.34. The van der Waals surface area contributed by atoms with Crippen LogP contribution in [0.4, 0.5) is 4.79 Å². The predicted octanol–water partition coefficient (Wildman–Crippen LogP) is 6.31. The van der Waals surface area contributed by atoms with Gasteiger partial charge in [-0.15, -0.1) is 0 Å². The third kappa shape index (κ3) is 8.51. The van der Waals surface area contributed by atoms with Gasteiger partial charge in [-0.05, 0) is 48.6 Å². The molecule has 3 aromatic carbocycles. The molecule has 6 N–H and O–H groups in total. The molecular weight excluding hydrogens is 711 g/mol. The van der Waals surface area contributed by atoms with Crippen LogP contribution in [0.15, 0.2) is 116 Å². The molecule has 14 nitrogen and oxygen atoms in total. The van der Waals surface area contributed by atoms with Gasteiger partial charge in [0, 0.05) is 31.0 Å². The van der Waals surface area contributed by atoms with Crippen LogP contribution in [0.25, 0.3) is 33.8 Å². The number of aromatic amines is 2. The molecule has 1 fully saturated rings. The van der Waals surface area contributed by atoms with Gasteiger partial charge in [0.25, 0.3) is 5.91 Å². The Kier molecular flexibility index (Phi) is 11.6. The molecule has 7 rings (SSSR count). The van der Waals surface area contributed by atoms with E-state index >= 15 is 0 Å². The number of imidazole rings is 2. The van der Waals surface area contributed by atoms with Crippen molar-refractivity contribution in [3.63, 3.8) is 0 Å². The molecule has 0 radical (unpaired) electrons. The van der Waals surface area contributed by atoms with E-state index in [9.17, 15) is 19.5 Å². The molecule has 4 heterocycles. The fourth-order valence-electron chi connectivity index (χ4n) is 6.98. The van der Waals surface area contributed by atoms with Crippen LogP contribution in [-0.4, -0.2) is 73.2 Å². The molecule has 0 aliphatic carbocycles. The summed E-state index contributed by atoms with van der Waals surface area (Å²) in [5.41, 5.74) is 6.50. The smallest absolute Gasteiger partial charge is 0.405 e. The monoisotopic (exact) mass is 753 g/mol. The number of nitrogens with zero attached hydrogens (tertiary/aromatic N) is 4. The SMILES string of the molecule is COCN[C@@H](C(=O)N[C@@H](C)c1ncc(-c2ccc(-c3ccc(-c4cnc([C@@H]5CCCN5C(=O)[C@H](NC(=O)O)c5ccccc5)[nH]4)cc3)nc2)[nH]1)c1ccccc1. The molecule has 4 atom stereocenters. The van der Waals surface area contributed by atoms with Crippen molar-refractivity contribution in [3.05, 3.63) is 138 Å². The van der Waals surface area contributed by atoms with Crippen molar-refractivity contribution in [1.29, 1.82) is 0 Å². The Bertz CT molecular complexity index is 2240. The van der Waals surface area contributed by atoms with E-state index in [0.717, 1.165) is 45.8 Å². The average molecular weight is 754 g/mol. The van der Waals surface area contributed by atoms with E-state index in [1.54, 1.807) is 54.9 Å². The fourth-order valence-corrected chi connectivity index (χ4v) is 6.98. The maximum Gasteiger partial charge on any atom is 0.405 e. The third-order valence-electron chi connectivity index (χ3n) is 9.85. The van der Waals surface area contributed by atoms with Gasteiger partial charge in [-0.2, -0.15) is 0 Å². The first kappa shape index (κ1) is 37.7. The van der Waals surface area contributed by atoms with Crippen molar-refractivity contribution < 1.29 is 24.2 Å². The second-order valence-corrected chi connectivity index (χ2v) is 13.6. The number of benzene rings is 3. The van der Waals surface area contributed by atoms with Crippen molar-refractivity contribution in [2.45, 2.75) is 43.9 Å². The highest BCUT2D eigenvalue weighted by Gasteiger charge is 2.37. The van der Waals surface area contributed by atoms with Gasteiger partial charge < -0.3 is 35.3 Å². The minimum Gasteiger partial charge on any atom is -0.465 e. The highest BCUT2D eigenvalue weighted by atomic mass is 16.5. The summed E-state index contributed by atoms with van der Waals surface area (Å²) >= 11 is 0. The van der Waals surface area contributed by atoms with Crippen molar-refractivity contribution in [2.24, 2.45) is 0 Å². The lowest BCUT2D eigenvalue weighted by Gasteiger charge is -2.28. The van der Waals surface area contributed by atoms with Crippen LogP contribution in [-0.2, 0) is 14.3 Å². The molecule has 3 aromatic heterocycles. The van der Waals surface area contributed by atoms with E-state index in [0.29, 0.717) is 30.2 Å². The van der Waals surface area contributed by atoms with Gasteiger partial charge in [0.1, 0.15) is 23.7 Å². The molecule has 0 saturated carbocycles. The first-order valence-corrected chi connectivity index (χ1v) is 18.4. The second kappa shape index (κ2) is 17.2. The van der Waals surface area contributed by atoms with E-state index in [4.69, 9.17) is 9.72 Å². The predicted molar refractivity (Wildman–Crippen MR) is 210 cm³/mol. The summed E-state index contributed by atoms with van der Waals surface area (Å²) in [7, 11) is 1.57. The molecule has 0 spiro atoms. The van der Waals surface area contributed by atoms with E-state index in [1.807, 2.05) is 79.7 Å². The third-order valence-corrected chi connectivity index (χ3v) is 9.85. The summed E-state index contributed by atoms with van der Waals surface area (Å²) < 4.78 is 5.15. The van der Waals surface area contributed by atoms with Crippen LogP contribution >= 0.6 is 0 Å². The van der Waals surface area contributed by atoms with Crippen LogP contribution in [0.3, 0.4) is 0 Å². The number of pyridine rings is 1. The fraction of sp³-hybridized carbons (Fsp3) is 0.238. The Morgan fingerprint density at radius 3 is 2.09 bits per heavy atom. The van der Waals surface area contributed by atoms with Crippen LogP contribution in [0.2, 0.25) is 0 Å².